The number of thiazole rings is 1. The summed E-state index contributed by atoms with van der Waals surface area (Å²) in [5.74, 6) is 0.803. The van der Waals surface area contributed by atoms with Crippen LogP contribution in [0.25, 0.3) is 0 Å². The molecular formula is C19H29N5OS. The molecule has 0 unspecified atom stereocenters. The lowest BCUT2D eigenvalue weighted by Crippen LogP contribution is -2.37. The highest BCUT2D eigenvalue weighted by Crippen LogP contribution is 2.16. The number of rotatable bonds is 9. The molecule has 26 heavy (non-hydrogen) atoms. The monoisotopic (exact) mass is 375 g/mol. The number of anilines is 1. The highest BCUT2D eigenvalue weighted by molar-refractivity contribution is 7.11. The van der Waals surface area contributed by atoms with Gasteiger partial charge in [-0.3, -0.25) is 4.99 Å². The molecule has 0 aliphatic rings. The van der Waals surface area contributed by atoms with Gasteiger partial charge in [-0.05, 0) is 31.5 Å². The number of nitrogens with zero attached hydrogens (tertiary/aromatic N) is 2. The van der Waals surface area contributed by atoms with Crippen molar-refractivity contribution in [2.45, 2.75) is 26.8 Å². The van der Waals surface area contributed by atoms with Crippen LogP contribution >= 0.6 is 11.3 Å². The van der Waals surface area contributed by atoms with Crippen molar-refractivity contribution in [1.82, 2.24) is 15.6 Å². The predicted octanol–water partition coefficient (Wildman–Crippen LogP) is 2.73. The van der Waals surface area contributed by atoms with Crippen LogP contribution in [-0.2, 0) is 17.7 Å². The van der Waals surface area contributed by atoms with Gasteiger partial charge in [0, 0.05) is 50.8 Å². The van der Waals surface area contributed by atoms with E-state index in [0.717, 1.165) is 43.4 Å². The number of hydrogen-bond acceptors (Lipinski definition) is 5. The largest absolute Gasteiger partial charge is 0.383 e. The van der Waals surface area contributed by atoms with Gasteiger partial charge in [0.25, 0.3) is 0 Å². The van der Waals surface area contributed by atoms with Crippen molar-refractivity contribution in [3.63, 3.8) is 0 Å². The zero-order valence-corrected chi connectivity index (χ0v) is 16.9. The second kappa shape index (κ2) is 10.8. The predicted molar refractivity (Wildman–Crippen MR) is 110 cm³/mol. The van der Waals surface area contributed by atoms with Crippen molar-refractivity contribution in [3.8, 4) is 0 Å². The van der Waals surface area contributed by atoms with Crippen LogP contribution in [0, 0.1) is 13.8 Å². The Morgan fingerprint density at radius 3 is 2.54 bits per heavy atom. The summed E-state index contributed by atoms with van der Waals surface area (Å²) in [4.78, 5) is 10.1. The van der Waals surface area contributed by atoms with Crippen LogP contribution in [0.4, 0.5) is 5.69 Å². The molecular weight excluding hydrogens is 346 g/mol. The number of ether oxygens (including phenoxy) is 1. The van der Waals surface area contributed by atoms with Gasteiger partial charge in [-0.2, -0.15) is 0 Å². The minimum absolute atomic E-state index is 0.700. The van der Waals surface area contributed by atoms with Crippen LogP contribution in [0.3, 0.4) is 0 Å². The van der Waals surface area contributed by atoms with E-state index in [9.17, 15) is 0 Å². The molecule has 7 heteroatoms. The van der Waals surface area contributed by atoms with Crippen LogP contribution in [0.1, 0.15) is 21.1 Å². The number of aliphatic imine (C=N–C) groups is 1. The number of benzene rings is 1. The smallest absolute Gasteiger partial charge is 0.191 e. The van der Waals surface area contributed by atoms with Gasteiger partial charge in [-0.15, -0.1) is 11.3 Å². The van der Waals surface area contributed by atoms with E-state index in [2.05, 4.69) is 64.0 Å². The Morgan fingerprint density at radius 2 is 1.92 bits per heavy atom. The number of aryl methyl sites for hydroxylation is 2. The Bertz CT molecular complexity index is 677. The average Bonchev–Trinajstić information content (AvgIpc) is 2.97. The molecule has 0 spiro atoms. The van der Waals surface area contributed by atoms with E-state index >= 15 is 0 Å². The molecule has 1 aromatic heterocycles. The van der Waals surface area contributed by atoms with Crippen LogP contribution in [0.15, 0.2) is 29.3 Å². The molecule has 0 radical (unpaired) electrons. The molecule has 0 bridgehead atoms. The van der Waals surface area contributed by atoms with E-state index < -0.39 is 0 Å². The first-order chi connectivity index (χ1) is 12.6. The van der Waals surface area contributed by atoms with Crippen molar-refractivity contribution in [2.24, 2.45) is 4.99 Å². The summed E-state index contributed by atoms with van der Waals surface area (Å²) in [5.41, 5.74) is 3.44. The minimum atomic E-state index is 0.700. The third-order valence-electron chi connectivity index (χ3n) is 3.98. The Kier molecular flexibility index (Phi) is 8.37. The molecule has 1 aromatic carbocycles. The maximum absolute atomic E-state index is 5.04. The second-order valence-corrected chi connectivity index (χ2v) is 7.26. The van der Waals surface area contributed by atoms with Gasteiger partial charge in [0.05, 0.1) is 17.3 Å². The number of methoxy groups -OCH3 is 1. The third-order valence-corrected chi connectivity index (χ3v) is 5.11. The Labute approximate surface area is 160 Å². The van der Waals surface area contributed by atoms with E-state index in [1.807, 2.05) is 0 Å². The van der Waals surface area contributed by atoms with Crippen molar-refractivity contribution in [3.05, 3.63) is 45.4 Å². The summed E-state index contributed by atoms with van der Waals surface area (Å²) in [6, 6.07) is 8.37. The Balaban J connectivity index is 1.72. The van der Waals surface area contributed by atoms with Crippen LogP contribution < -0.4 is 16.0 Å². The molecule has 0 amide bonds. The topological polar surface area (TPSA) is 70.6 Å². The van der Waals surface area contributed by atoms with Crippen LogP contribution in [0.5, 0.6) is 0 Å². The molecule has 0 fully saturated rings. The number of nitrogens with one attached hydrogen (secondary N) is 3. The van der Waals surface area contributed by atoms with Gasteiger partial charge in [0.1, 0.15) is 0 Å². The first-order valence-electron chi connectivity index (χ1n) is 8.81. The van der Waals surface area contributed by atoms with E-state index in [0.29, 0.717) is 6.61 Å². The van der Waals surface area contributed by atoms with Crippen LogP contribution in [0.2, 0.25) is 0 Å². The maximum Gasteiger partial charge on any atom is 0.191 e. The van der Waals surface area contributed by atoms with E-state index in [-0.39, 0.29) is 0 Å². The second-order valence-electron chi connectivity index (χ2n) is 5.97. The molecule has 0 saturated heterocycles. The summed E-state index contributed by atoms with van der Waals surface area (Å²) in [7, 11) is 3.49. The lowest BCUT2D eigenvalue weighted by atomic mass is 10.2. The number of guanidine groups is 1. The normalized spacial score (nSPS) is 11.5. The van der Waals surface area contributed by atoms with E-state index in [4.69, 9.17) is 4.74 Å². The quantitative estimate of drug-likeness (QED) is 0.357. The summed E-state index contributed by atoms with van der Waals surface area (Å²) >= 11 is 1.77. The first kappa shape index (κ1) is 20.2. The molecule has 0 saturated carbocycles. The number of hydrogen-bond donors (Lipinski definition) is 3. The fraction of sp³-hybridized carbons (Fsp3) is 0.474. The van der Waals surface area contributed by atoms with Crippen LogP contribution in [-0.4, -0.2) is 44.8 Å². The molecule has 2 aromatic rings. The zero-order chi connectivity index (χ0) is 18.8. The SMILES string of the molecule is CN=C(NCCc1nc(C)c(C)s1)NCc1ccc(NCCOC)cc1. The van der Waals surface area contributed by atoms with Crippen molar-refractivity contribution in [2.75, 3.05) is 39.2 Å². The highest BCUT2D eigenvalue weighted by atomic mass is 32.1. The minimum Gasteiger partial charge on any atom is -0.383 e. The fourth-order valence-corrected chi connectivity index (χ4v) is 3.31. The fourth-order valence-electron chi connectivity index (χ4n) is 2.38. The Morgan fingerprint density at radius 1 is 1.15 bits per heavy atom. The van der Waals surface area contributed by atoms with Gasteiger partial charge in [-0.25, -0.2) is 4.98 Å². The summed E-state index contributed by atoms with van der Waals surface area (Å²) in [6.07, 6.45) is 0.905. The Hall–Kier alpha value is -2.12. The summed E-state index contributed by atoms with van der Waals surface area (Å²) in [6.45, 7) is 7.22. The first-order valence-corrected chi connectivity index (χ1v) is 9.63. The standard InChI is InChI=1S/C19H29N5OS/c1-14-15(2)26-18(24-14)9-10-22-19(20-3)23-13-16-5-7-17(8-6-16)21-11-12-25-4/h5-8,21H,9-13H2,1-4H3,(H2,20,22,23). The van der Waals surface area contributed by atoms with Gasteiger partial charge in [-0.1, -0.05) is 12.1 Å². The summed E-state index contributed by atoms with van der Waals surface area (Å²) in [5, 5.41) is 11.2. The van der Waals surface area contributed by atoms with Crippen molar-refractivity contribution in [1.29, 1.82) is 0 Å². The molecule has 1 heterocycles. The molecule has 0 aliphatic heterocycles. The van der Waals surface area contributed by atoms with Gasteiger partial charge in [0.2, 0.25) is 0 Å². The average molecular weight is 376 g/mol. The molecule has 2 rings (SSSR count). The lowest BCUT2D eigenvalue weighted by molar-refractivity contribution is 0.211. The highest BCUT2D eigenvalue weighted by Gasteiger charge is 2.04. The van der Waals surface area contributed by atoms with Crippen molar-refractivity contribution < 1.29 is 4.74 Å². The van der Waals surface area contributed by atoms with Gasteiger partial charge >= 0.3 is 0 Å². The molecule has 0 aliphatic carbocycles. The van der Waals surface area contributed by atoms with E-state index in [1.54, 1.807) is 25.5 Å². The zero-order valence-electron chi connectivity index (χ0n) is 16.1. The van der Waals surface area contributed by atoms with Crippen molar-refractivity contribution >= 4 is 23.0 Å². The number of aromatic nitrogens is 1. The summed E-state index contributed by atoms with van der Waals surface area (Å²) < 4.78 is 5.04. The van der Waals surface area contributed by atoms with Gasteiger partial charge in [0.15, 0.2) is 5.96 Å². The maximum atomic E-state index is 5.04. The lowest BCUT2D eigenvalue weighted by Gasteiger charge is -2.12. The third kappa shape index (κ3) is 6.65. The molecule has 6 nitrogen and oxygen atoms in total. The molecule has 142 valence electrons. The van der Waals surface area contributed by atoms with Gasteiger partial charge < -0.3 is 20.7 Å². The molecule has 0 atom stereocenters. The van der Waals surface area contributed by atoms with E-state index in [1.165, 1.54) is 15.4 Å². The molecule has 3 N–H and O–H groups in total.